The molecule has 2 aromatic heterocycles. The van der Waals surface area contributed by atoms with Gasteiger partial charge in [0, 0.05) is 111 Å². The second-order valence-electron chi connectivity index (χ2n) is 28.4. The number of rotatable bonds is 18. The molecule has 0 radical (unpaired) electrons. The van der Waals surface area contributed by atoms with Crippen LogP contribution in [0.1, 0.15) is 97.8 Å². The van der Waals surface area contributed by atoms with Gasteiger partial charge in [-0.25, -0.2) is 19.6 Å². The number of aliphatic hydroxyl groups is 1. The van der Waals surface area contributed by atoms with Crippen LogP contribution in [0.25, 0.3) is 21.5 Å². The Balaban J connectivity index is 0.000000178. The average molecular weight is 1710 g/mol. The van der Waals surface area contributed by atoms with Crippen molar-refractivity contribution in [2.45, 2.75) is 128 Å². The number of anilines is 4. The standard InChI is InChI=1S/C40H45N7O3.C31H29ClN6O2.C9H17NO.CH2O3.2Cs/c41-19-17-32-25-46(22-23-47(32)40(48)50-27-30-8-2-1-3-9-30)38-35-18-21-45(37-14-6-11-31-10-4-5-13-34(31)37)26-36(35)42-39(43-38)49-28-33-12-7-20-44(33)24-29-15-16-29;32-30-34-27-20-36(28-12-6-10-23-9-4-5-11-25(23)28)16-14-26(27)29(35-30)37-17-18-38(24(19-37)13-15-33)31(39)40-21-22-7-2-1-3-8-22;11-7-9-2-1-5-10(9)6-8-3-4-8;2-1(3)4;;/h1-6,8-11,13-14,29,32-33H,7,12,15-18,20-28H2;1-12,24H,13-14,16-21H2;8-9,11H,1-7H2;(H2,2,3,4);;/q;;;;2*+1/p-2/t32?,33-;;9-;;;/m0.0.../s1. The second kappa shape index (κ2) is 40.3. The molecule has 26 heteroatoms. The van der Waals surface area contributed by atoms with Gasteiger partial charge in [-0.15, -0.1) is 0 Å². The summed E-state index contributed by atoms with van der Waals surface area (Å²) in [4.78, 5) is 71.6. The fourth-order valence-electron chi connectivity index (χ4n) is 15.6. The first-order chi connectivity index (χ1) is 51.4. The van der Waals surface area contributed by atoms with E-state index < -0.39 is 12.2 Å². The maximum atomic E-state index is 13.3. The van der Waals surface area contributed by atoms with Gasteiger partial charge in [0.25, 0.3) is 0 Å². The molecule has 16 rings (SSSR count). The number of carbonyl (C=O) groups excluding carboxylic acids is 3. The van der Waals surface area contributed by atoms with E-state index in [2.05, 4.69) is 136 Å². The number of hydrogen-bond acceptors (Lipinski definition) is 21. The third-order valence-corrected chi connectivity index (χ3v) is 21.5. The van der Waals surface area contributed by atoms with E-state index in [1.165, 1.54) is 97.5 Å². The summed E-state index contributed by atoms with van der Waals surface area (Å²) in [5.41, 5.74) is 8.33. The minimum atomic E-state index is -2.33. The zero-order chi connectivity index (χ0) is 72.6. The summed E-state index contributed by atoms with van der Waals surface area (Å²) < 4.78 is 17.8. The molecule has 6 aliphatic heterocycles. The molecule has 2 unspecified atom stereocenters. The van der Waals surface area contributed by atoms with Crippen molar-refractivity contribution in [3.63, 3.8) is 0 Å². The molecule has 8 aromatic rings. The molecular formula is C81H91ClCs2N14O9. The number of nitriles is 2. The number of benzene rings is 6. The maximum absolute atomic E-state index is 13.3. The topological polar surface area (TPSA) is 270 Å². The van der Waals surface area contributed by atoms with Crippen LogP contribution in [0, 0.1) is 34.5 Å². The third-order valence-electron chi connectivity index (χ3n) is 21.3. The molecule has 2 saturated carbocycles. The summed E-state index contributed by atoms with van der Waals surface area (Å²) in [5, 5.41) is 50.1. The van der Waals surface area contributed by atoms with E-state index >= 15 is 0 Å². The molecule has 0 spiro atoms. The molecule has 23 nitrogen and oxygen atoms in total. The van der Waals surface area contributed by atoms with Crippen molar-refractivity contribution < 1.29 is 182 Å². The molecule has 4 atom stereocenters. The predicted octanol–water partition coefficient (Wildman–Crippen LogP) is 4.19. The van der Waals surface area contributed by atoms with Gasteiger partial charge >= 0.3 is 156 Å². The van der Waals surface area contributed by atoms with E-state index in [1.54, 1.807) is 9.80 Å². The number of carboxylic acid groups (broad SMARTS) is 2. The normalized spacial score (nSPS) is 19.7. The molecule has 1 N–H and O–H groups in total. The number of likely N-dealkylation sites (tertiary alicyclic amines) is 2. The number of nitrogens with zero attached hydrogens (tertiary/aromatic N) is 14. The van der Waals surface area contributed by atoms with Crippen LogP contribution in [0.4, 0.5) is 37.4 Å². The quantitative estimate of drug-likeness (QED) is 0.118. The Morgan fingerprint density at radius 1 is 0.505 bits per heavy atom. The Hall–Kier alpha value is -5.94. The van der Waals surface area contributed by atoms with E-state index in [1.807, 2.05) is 60.7 Å². The molecule has 8 aliphatic rings. The molecule has 6 aromatic carbocycles. The number of aromatic nitrogens is 4. The van der Waals surface area contributed by atoms with Crippen LogP contribution in [0.2, 0.25) is 5.28 Å². The monoisotopic (exact) mass is 1700 g/mol. The van der Waals surface area contributed by atoms with E-state index in [-0.39, 0.29) is 187 Å². The van der Waals surface area contributed by atoms with Crippen molar-refractivity contribution in [1.82, 2.24) is 39.5 Å². The Morgan fingerprint density at radius 3 is 1.42 bits per heavy atom. The zero-order valence-electron chi connectivity index (χ0n) is 61.4. The molecule has 2 amide bonds. The summed E-state index contributed by atoms with van der Waals surface area (Å²) in [6, 6.07) is 54.2. The van der Waals surface area contributed by atoms with Crippen LogP contribution >= 0.6 is 11.6 Å². The van der Waals surface area contributed by atoms with Crippen LogP contribution in [-0.2, 0) is 48.6 Å². The SMILES string of the molecule is N#CCC1CN(c2nc(Cl)nc3c2CCN(c2cccc4ccccc24)C3)CCN1C(=O)OCc1ccccc1.N#CCC1CN(c2nc(OC[C@@H]3CCCN3CC3CC3)nc3c2CCN(c2cccc4ccccc24)C3)CCN1C(=O)OCc1ccccc1.O=C([O-])[O-].OC[C@@H]1CCCN1CC1CC1.[Cs+].[Cs+]. The summed E-state index contributed by atoms with van der Waals surface area (Å²) in [6.45, 7) is 12.0. The predicted molar refractivity (Wildman–Crippen MR) is 398 cm³/mol. The number of hydrogen-bond donors (Lipinski definition) is 1. The van der Waals surface area contributed by atoms with Crippen LogP contribution < -0.4 is 172 Å². The number of amides is 2. The number of halogens is 1. The van der Waals surface area contributed by atoms with Crippen LogP contribution in [0.5, 0.6) is 6.01 Å². The number of piperazine rings is 2. The Bertz CT molecular complexity index is 4370. The van der Waals surface area contributed by atoms with E-state index in [0.29, 0.717) is 83.7 Å². The van der Waals surface area contributed by atoms with E-state index in [0.717, 1.165) is 96.0 Å². The van der Waals surface area contributed by atoms with Gasteiger partial charge in [-0.2, -0.15) is 20.5 Å². The summed E-state index contributed by atoms with van der Waals surface area (Å²) in [5.74, 6) is 3.48. The molecule has 548 valence electrons. The third kappa shape index (κ3) is 22.0. The van der Waals surface area contributed by atoms with Gasteiger partial charge < -0.3 is 63.7 Å². The number of fused-ring (bicyclic) bond motifs is 4. The zero-order valence-corrected chi connectivity index (χ0v) is 74.7. The summed E-state index contributed by atoms with van der Waals surface area (Å²) in [6.07, 6.45) is 9.23. The number of carbonyl (C=O) groups is 3. The molecule has 4 saturated heterocycles. The molecule has 107 heavy (non-hydrogen) atoms. The second-order valence-corrected chi connectivity index (χ2v) is 28.8. The Kier molecular flexibility index (Phi) is 30.9. The van der Waals surface area contributed by atoms with Crippen LogP contribution in [0.15, 0.2) is 146 Å². The van der Waals surface area contributed by atoms with Crippen LogP contribution in [-0.4, -0.2) is 179 Å². The Morgan fingerprint density at radius 2 is 0.944 bits per heavy atom. The van der Waals surface area contributed by atoms with Gasteiger partial charge in [-0.05, 0) is 141 Å². The number of ether oxygens (including phenoxy) is 3. The van der Waals surface area contributed by atoms with Gasteiger partial charge in [0.15, 0.2) is 0 Å². The van der Waals surface area contributed by atoms with Crippen molar-refractivity contribution in [2.75, 3.05) is 111 Å². The van der Waals surface area contributed by atoms with E-state index in [4.69, 9.17) is 55.9 Å². The van der Waals surface area contributed by atoms with Crippen molar-refractivity contribution >= 4 is 74.5 Å². The van der Waals surface area contributed by atoms with Gasteiger partial charge in [-0.1, -0.05) is 133 Å². The minimum Gasteiger partial charge on any atom is -0.652 e. The van der Waals surface area contributed by atoms with Gasteiger partial charge in [0.1, 0.15) is 31.5 Å². The smallest absolute Gasteiger partial charge is 0.652 e. The summed E-state index contributed by atoms with van der Waals surface area (Å²) in [7, 11) is 0. The first-order valence-corrected chi connectivity index (χ1v) is 37.4. The van der Waals surface area contributed by atoms with Crippen LogP contribution in [0.3, 0.4) is 0 Å². The average Bonchev–Trinajstić information content (AvgIpc) is 1.37. The molecular weight excluding hydrogens is 1610 g/mol. The first-order valence-electron chi connectivity index (χ1n) is 37.0. The van der Waals surface area contributed by atoms with E-state index in [9.17, 15) is 20.1 Å². The van der Waals surface area contributed by atoms with Gasteiger partial charge in [-0.3, -0.25) is 9.80 Å². The van der Waals surface area contributed by atoms with Gasteiger partial charge in [0.05, 0.1) is 68.1 Å². The van der Waals surface area contributed by atoms with Crippen molar-refractivity contribution in [2.24, 2.45) is 11.8 Å². The molecule has 8 heterocycles. The largest absolute Gasteiger partial charge is 1.00 e. The van der Waals surface area contributed by atoms with Crippen molar-refractivity contribution in [3.05, 3.63) is 185 Å². The fourth-order valence-corrected chi connectivity index (χ4v) is 15.8. The fraction of sp³-hybridized carbons (Fsp3) is 0.444. The molecule has 2 aliphatic carbocycles. The first kappa shape index (κ1) is 82.0. The molecule has 6 fully saturated rings. The molecule has 0 bridgehead atoms. The van der Waals surface area contributed by atoms with Crippen molar-refractivity contribution in [1.29, 1.82) is 10.5 Å². The summed E-state index contributed by atoms with van der Waals surface area (Å²) >= 11 is 6.46. The minimum absolute atomic E-state index is 0. The number of aliphatic hydroxyl groups excluding tert-OH is 1. The maximum Gasteiger partial charge on any atom is 1.00 e. The van der Waals surface area contributed by atoms with Gasteiger partial charge in [0.2, 0.25) is 5.28 Å². The Labute approximate surface area is 749 Å². The van der Waals surface area contributed by atoms with Crippen molar-refractivity contribution in [3.8, 4) is 18.1 Å².